The molecule has 0 aliphatic carbocycles. The molecule has 1 aliphatic heterocycles. The van der Waals surface area contributed by atoms with Gasteiger partial charge in [-0.3, -0.25) is 4.79 Å². The Morgan fingerprint density at radius 3 is 2.10 bits per heavy atom. The zero-order valence-corrected chi connectivity index (χ0v) is 16.3. The second-order valence-electron chi connectivity index (χ2n) is 7.31. The summed E-state index contributed by atoms with van der Waals surface area (Å²) >= 11 is 0. The Morgan fingerprint density at radius 2 is 1.52 bits per heavy atom. The van der Waals surface area contributed by atoms with Crippen molar-refractivity contribution in [3.8, 4) is 23.0 Å². The van der Waals surface area contributed by atoms with Crippen LogP contribution in [0.3, 0.4) is 0 Å². The highest BCUT2D eigenvalue weighted by atomic mass is 16.7. The van der Waals surface area contributed by atoms with E-state index in [9.17, 15) is 40.5 Å². The van der Waals surface area contributed by atoms with E-state index in [2.05, 4.69) is 0 Å². The highest BCUT2D eigenvalue weighted by Crippen LogP contribution is 2.35. The van der Waals surface area contributed by atoms with Crippen molar-refractivity contribution in [3.63, 3.8) is 0 Å². The molecule has 0 spiro atoms. The van der Waals surface area contributed by atoms with Crippen LogP contribution in [0.1, 0.15) is 11.1 Å². The predicted octanol–water partition coefficient (Wildman–Crippen LogP) is -0.664. The van der Waals surface area contributed by atoms with Gasteiger partial charge in [-0.25, -0.2) is 0 Å². The van der Waals surface area contributed by atoms with Gasteiger partial charge in [-0.2, -0.15) is 0 Å². The van der Waals surface area contributed by atoms with Crippen molar-refractivity contribution in [2.75, 3.05) is 6.61 Å². The number of phenols is 3. The second kappa shape index (κ2) is 9.50. The van der Waals surface area contributed by atoms with Gasteiger partial charge in [0.1, 0.15) is 53.2 Å². The summed E-state index contributed by atoms with van der Waals surface area (Å²) in [7, 11) is 0. The van der Waals surface area contributed by atoms with Gasteiger partial charge in [0.2, 0.25) is 6.29 Å². The first kappa shape index (κ1) is 22.8. The molecule has 5 atom stereocenters. The van der Waals surface area contributed by atoms with Crippen LogP contribution in [-0.4, -0.2) is 78.8 Å². The van der Waals surface area contributed by atoms with Crippen LogP contribution in [0.25, 0.3) is 0 Å². The first-order valence-corrected chi connectivity index (χ1v) is 9.51. The summed E-state index contributed by atoms with van der Waals surface area (Å²) in [6.07, 6.45) is -7.76. The molecule has 1 aliphatic rings. The molecule has 3 rings (SSSR count). The fourth-order valence-corrected chi connectivity index (χ4v) is 3.27. The molecule has 10 nitrogen and oxygen atoms in total. The molecule has 0 radical (unpaired) electrons. The summed E-state index contributed by atoms with van der Waals surface area (Å²) < 4.78 is 10.6. The first-order valence-electron chi connectivity index (χ1n) is 9.51. The number of ether oxygens (including phenoxy) is 2. The van der Waals surface area contributed by atoms with E-state index < -0.39 is 48.8 Å². The highest BCUT2D eigenvalue weighted by molar-refractivity contribution is 5.84. The van der Waals surface area contributed by atoms with E-state index in [0.717, 1.165) is 12.1 Å². The van der Waals surface area contributed by atoms with Crippen molar-refractivity contribution in [1.29, 1.82) is 0 Å². The third kappa shape index (κ3) is 5.24. The first-order chi connectivity index (χ1) is 14.7. The normalized spacial score (nSPS) is 25.9. The number of aliphatic hydroxyl groups excluding tert-OH is 4. The standard InChI is InChI=1S/C21H24O10/c22-9-17-18(27)19(28)20(29)21(31-17)30-13-7-15(25)14(16(26)8-13)6-12(24)5-10-1-3-11(23)4-2-10/h1-4,7-8,17-23,25-29H,5-6,9H2/t17-,18-,19+,20-,21-/m1/s1. The third-order valence-electron chi connectivity index (χ3n) is 4.99. The SMILES string of the molecule is O=C(Cc1ccc(O)cc1)Cc1c(O)cc(O[C@@H]2O[C@H](CO)[C@@H](O)[C@H](O)[C@H]2O)cc1O. The Hall–Kier alpha value is -2.89. The minimum Gasteiger partial charge on any atom is -0.508 e. The van der Waals surface area contributed by atoms with Crippen molar-refractivity contribution in [2.45, 2.75) is 43.5 Å². The molecule has 168 valence electrons. The van der Waals surface area contributed by atoms with Crippen molar-refractivity contribution in [3.05, 3.63) is 47.5 Å². The summed E-state index contributed by atoms with van der Waals surface area (Å²) in [6.45, 7) is -0.636. The van der Waals surface area contributed by atoms with E-state index >= 15 is 0 Å². The summed E-state index contributed by atoms with van der Waals surface area (Å²) in [4.78, 5) is 12.3. The number of rotatable bonds is 7. The molecular formula is C21H24O10. The van der Waals surface area contributed by atoms with Gasteiger partial charge < -0.3 is 45.2 Å². The molecule has 0 aromatic heterocycles. The fraction of sp³-hybridized carbons (Fsp3) is 0.381. The Labute approximate surface area is 177 Å². The lowest BCUT2D eigenvalue weighted by Crippen LogP contribution is -2.60. The smallest absolute Gasteiger partial charge is 0.229 e. The van der Waals surface area contributed by atoms with Gasteiger partial charge in [0.15, 0.2) is 0 Å². The zero-order chi connectivity index (χ0) is 22.7. The van der Waals surface area contributed by atoms with Crippen LogP contribution >= 0.6 is 0 Å². The van der Waals surface area contributed by atoms with E-state index in [-0.39, 0.29) is 35.7 Å². The van der Waals surface area contributed by atoms with Gasteiger partial charge >= 0.3 is 0 Å². The zero-order valence-electron chi connectivity index (χ0n) is 16.3. The van der Waals surface area contributed by atoms with Gasteiger partial charge in [-0.1, -0.05) is 12.1 Å². The Morgan fingerprint density at radius 1 is 0.903 bits per heavy atom. The molecule has 10 heteroatoms. The van der Waals surface area contributed by atoms with Gasteiger partial charge in [0.25, 0.3) is 0 Å². The number of aromatic hydroxyl groups is 3. The number of benzene rings is 2. The predicted molar refractivity (Wildman–Crippen MR) is 105 cm³/mol. The van der Waals surface area contributed by atoms with Crippen LogP contribution in [0.5, 0.6) is 23.0 Å². The lowest BCUT2D eigenvalue weighted by Gasteiger charge is -2.39. The van der Waals surface area contributed by atoms with Gasteiger partial charge in [0, 0.05) is 30.5 Å². The largest absolute Gasteiger partial charge is 0.508 e. The van der Waals surface area contributed by atoms with E-state index in [1.165, 1.54) is 12.1 Å². The Kier molecular flexibility index (Phi) is 6.98. The molecule has 7 N–H and O–H groups in total. The topological polar surface area (TPSA) is 177 Å². The maximum absolute atomic E-state index is 12.3. The van der Waals surface area contributed by atoms with Gasteiger partial charge in [-0.05, 0) is 17.7 Å². The second-order valence-corrected chi connectivity index (χ2v) is 7.31. The summed E-state index contributed by atoms with van der Waals surface area (Å²) in [5.41, 5.74) is 0.634. The molecule has 31 heavy (non-hydrogen) atoms. The number of phenolic OH excluding ortho intramolecular Hbond substituents is 3. The van der Waals surface area contributed by atoms with Crippen LogP contribution in [0.15, 0.2) is 36.4 Å². The number of aliphatic hydroxyl groups is 4. The molecule has 0 amide bonds. The van der Waals surface area contributed by atoms with Gasteiger partial charge in [-0.15, -0.1) is 0 Å². The molecule has 2 aromatic carbocycles. The molecule has 0 unspecified atom stereocenters. The molecule has 1 heterocycles. The average molecular weight is 436 g/mol. The lowest BCUT2D eigenvalue weighted by molar-refractivity contribution is -0.277. The molecular weight excluding hydrogens is 412 g/mol. The molecule has 0 saturated carbocycles. The lowest BCUT2D eigenvalue weighted by atomic mass is 9.99. The fourth-order valence-electron chi connectivity index (χ4n) is 3.27. The van der Waals surface area contributed by atoms with E-state index in [1.54, 1.807) is 12.1 Å². The number of carbonyl (C=O) groups is 1. The quantitative estimate of drug-likeness (QED) is 0.295. The van der Waals surface area contributed by atoms with Crippen LogP contribution < -0.4 is 4.74 Å². The van der Waals surface area contributed by atoms with Crippen molar-refractivity contribution >= 4 is 5.78 Å². The molecule has 1 fully saturated rings. The number of ketones is 1. The molecule has 1 saturated heterocycles. The molecule has 2 aromatic rings. The summed E-state index contributed by atoms with van der Waals surface area (Å²) in [5.74, 6) is -1.22. The maximum atomic E-state index is 12.3. The average Bonchev–Trinajstić information content (AvgIpc) is 2.73. The number of Topliss-reactive ketones (excluding diaryl/α,β-unsaturated/α-hetero) is 1. The number of hydrogen-bond donors (Lipinski definition) is 7. The molecule has 0 bridgehead atoms. The van der Waals surface area contributed by atoms with Crippen molar-refractivity contribution in [1.82, 2.24) is 0 Å². The van der Waals surface area contributed by atoms with Crippen LogP contribution in [0.2, 0.25) is 0 Å². The monoisotopic (exact) mass is 436 g/mol. The Balaban J connectivity index is 1.69. The Bertz CT molecular complexity index is 888. The minimum absolute atomic E-state index is 0.0232. The highest BCUT2D eigenvalue weighted by Gasteiger charge is 2.44. The van der Waals surface area contributed by atoms with Crippen molar-refractivity contribution < 1.29 is 50.0 Å². The van der Waals surface area contributed by atoms with Crippen LogP contribution in [0, 0.1) is 0 Å². The maximum Gasteiger partial charge on any atom is 0.229 e. The number of carbonyl (C=O) groups excluding carboxylic acids is 1. The van der Waals surface area contributed by atoms with Crippen LogP contribution in [-0.2, 0) is 22.4 Å². The van der Waals surface area contributed by atoms with E-state index in [0.29, 0.717) is 5.56 Å². The van der Waals surface area contributed by atoms with E-state index in [1.807, 2.05) is 0 Å². The van der Waals surface area contributed by atoms with Crippen molar-refractivity contribution in [2.24, 2.45) is 0 Å². The summed E-state index contributed by atoms with van der Waals surface area (Å²) in [6, 6.07) is 8.27. The van der Waals surface area contributed by atoms with E-state index in [4.69, 9.17) is 9.47 Å². The third-order valence-corrected chi connectivity index (χ3v) is 4.99. The van der Waals surface area contributed by atoms with Crippen LogP contribution in [0.4, 0.5) is 0 Å². The number of hydrogen-bond acceptors (Lipinski definition) is 10. The minimum atomic E-state index is -1.66. The van der Waals surface area contributed by atoms with Gasteiger partial charge in [0.05, 0.1) is 6.61 Å². The summed E-state index contributed by atoms with van der Waals surface area (Å²) in [5, 5.41) is 68.6.